The molecule has 0 saturated carbocycles. The summed E-state index contributed by atoms with van der Waals surface area (Å²) < 4.78 is 19.4. The van der Waals surface area contributed by atoms with Crippen molar-refractivity contribution < 1.29 is 9.13 Å². The number of nitrogens with two attached hydrogens (primary N) is 1. The number of rotatable bonds is 2. The van der Waals surface area contributed by atoms with Gasteiger partial charge in [-0.3, -0.25) is 0 Å². The zero-order valence-corrected chi connectivity index (χ0v) is 8.92. The van der Waals surface area contributed by atoms with Crippen molar-refractivity contribution in [1.29, 1.82) is 0 Å². The second kappa shape index (κ2) is 3.81. The van der Waals surface area contributed by atoms with Gasteiger partial charge in [-0.1, -0.05) is 6.07 Å². The molecular formula is C12H16FNO. The first-order valence-corrected chi connectivity index (χ1v) is 5.29. The standard InChI is InChI=1S/C12H16FNO/c1-12(13,8-14)10-4-5-11-9(7-10)3-2-6-15-11/h4-5,7H,2-3,6,8,14H2,1H3. The van der Waals surface area contributed by atoms with Gasteiger partial charge in [0.1, 0.15) is 11.4 Å². The van der Waals surface area contributed by atoms with Crippen LogP contribution in [0.4, 0.5) is 4.39 Å². The van der Waals surface area contributed by atoms with E-state index in [9.17, 15) is 4.39 Å². The maximum atomic E-state index is 14.0. The largest absolute Gasteiger partial charge is 0.493 e. The molecule has 0 saturated heterocycles. The van der Waals surface area contributed by atoms with Crippen LogP contribution in [-0.2, 0) is 12.1 Å². The lowest BCUT2D eigenvalue weighted by atomic mass is 9.94. The van der Waals surface area contributed by atoms with E-state index in [1.54, 1.807) is 6.07 Å². The highest BCUT2D eigenvalue weighted by Crippen LogP contribution is 2.31. The molecule has 1 heterocycles. The molecule has 3 heteroatoms. The van der Waals surface area contributed by atoms with E-state index in [4.69, 9.17) is 10.5 Å². The summed E-state index contributed by atoms with van der Waals surface area (Å²) in [6.07, 6.45) is 1.96. The molecule has 15 heavy (non-hydrogen) atoms. The van der Waals surface area contributed by atoms with E-state index in [1.165, 1.54) is 6.92 Å². The summed E-state index contributed by atoms with van der Waals surface area (Å²) in [5.41, 5.74) is 5.71. The lowest BCUT2D eigenvalue weighted by molar-refractivity contribution is 0.202. The molecule has 1 unspecified atom stereocenters. The molecule has 0 amide bonds. The summed E-state index contributed by atoms with van der Waals surface area (Å²) >= 11 is 0. The van der Waals surface area contributed by atoms with Gasteiger partial charge >= 0.3 is 0 Å². The predicted molar refractivity (Wildman–Crippen MR) is 57.8 cm³/mol. The van der Waals surface area contributed by atoms with E-state index in [-0.39, 0.29) is 6.54 Å². The Morgan fingerprint density at radius 3 is 3.07 bits per heavy atom. The van der Waals surface area contributed by atoms with Crippen molar-refractivity contribution in [1.82, 2.24) is 0 Å². The van der Waals surface area contributed by atoms with E-state index < -0.39 is 5.67 Å². The SMILES string of the molecule is CC(F)(CN)c1ccc2c(c1)CCCO2. The van der Waals surface area contributed by atoms with Crippen molar-refractivity contribution in [2.24, 2.45) is 5.73 Å². The van der Waals surface area contributed by atoms with Crippen LogP contribution in [-0.4, -0.2) is 13.2 Å². The summed E-state index contributed by atoms with van der Waals surface area (Å²) in [6, 6.07) is 5.48. The lowest BCUT2D eigenvalue weighted by Crippen LogP contribution is -2.26. The fraction of sp³-hybridized carbons (Fsp3) is 0.500. The van der Waals surface area contributed by atoms with Gasteiger partial charge in [0, 0.05) is 6.54 Å². The molecule has 2 N–H and O–H groups in total. The van der Waals surface area contributed by atoms with Crippen molar-refractivity contribution >= 4 is 0 Å². The number of hydrogen-bond acceptors (Lipinski definition) is 2. The second-order valence-corrected chi connectivity index (χ2v) is 4.18. The minimum absolute atomic E-state index is 0.00659. The Labute approximate surface area is 89.2 Å². The lowest BCUT2D eigenvalue weighted by Gasteiger charge is -2.22. The molecule has 0 aliphatic carbocycles. The highest BCUT2D eigenvalue weighted by atomic mass is 19.1. The van der Waals surface area contributed by atoms with Crippen LogP contribution < -0.4 is 10.5 Å². The molecule has 0 fully saturated rings. The molecule has 1 atom stereocenters. The predicted octanol–water partition coefficient (Wildman–Crippen LogP) is 2.16. The zero-order valence-electron chi connectivity index (χ0n) is 8.92. The summed E-state index contributed by atoms with van der Waals surface area (Å²) in [5.74, 6) is 0.887. The minimum atomic E-state index is -1.44. The second-order valence-electron chi connectivity index (χ2n) is 4.18. The van der Waals surface area contributed by atoms with Gasteiger partial charge in [0.2, 0.25) is 0 Å². The van der Waals surface area contributed by atoms with Gasteiger partial charge in [-0.2, -0.15) is 0 Å². The maximum absolute atomic E-state index is 14.0. The average Bonchev–Trinajstić information content (AvgIpc) is 2.28. The van der Waals surface area contributed by atoms with Crippen molar-refractivity contribution in [2.45, 2.75) is 25.4 Å². The topological polar surface area (TPSA) is 35.2 Å². The first kappa shape index (κ1) is 10.4. The first-order valence-electron chi connectivity index (χ1n) is 5.29. The Bertz CT molecular complexity index is 363. The monoisotopic (exact) mass is 209 g/mol. The smallest absolute Gasteiger partial charge is 0.145 e. The van der Waals surface area contributed by atoms with Gasteiger partial charge in [-0.25, -0.2) is 4.39 Å². The summed E-state index contributed by atoms with van der Waals surface area (Å²) in [7, 11) is 0. The van der Waals surface area contributed by atoms with E-state index in [0.717, 1.165) is 30.8 Å². The summed E-state index contributed by atoms with van der Waals surface area (Å²) in [5, 5.41) is 0. The molecule has 0 bridgehead atoms. The molecule has 0 radical (unpaired) electrons. The Morgan fingerprint density at radius 2 is 2.33 bits per heavy atom. The van der Waals surface area contributed by atoms with Crippen LogP contribution in [0.25, 0.3) is 0 Å². The highest BCUT2D eigenvalue weighted by Gasteiger charge is 2.25. The fourth-order valence-corrected chi connectivity index (χ4v) is 1.80. The molecule has 82 valence electrons. The third kappa shape index (κ3) is 1.97. The van der Waals surface area contributed by atoms with Crippen LogP contribution in [0.2, 0.25) is 0 Å². The Hall–Kier alpha value is -1.09. The number of ether oxygens (including phenoxy) is 1. The van der Waals surface area contributed by atoms with Crippen molar-refractivity contribution in [2.75, 3.05) is 13.2 Å². The Balaban J connectivity index is 2.36. The number of aryl methyl sites for hydroxylation is 1. The third-order valence-corrected chi connectivity index (χ3v) is 2.89. The summed E-state index contributed by atoms with van der Waals surface area (Å²) in [6.45, 7) is 2.28. The van der Waals surface area contributed by atoms with Gasteiger partial charge in [0.25, 0.3) is 0 Å². The number of hydrogen-bond donors (Lipinski definition) is 1. The van der Waals surface area contributed by atoms with Gasteiger partial charge in [-0.15, -0.1) is 0 Å². The summed E-state index contributed by atoms with van der Waals surface area (Å²) in [4.78, 5) is 0. The van der Waals surface area contributed by atoms with Crippen molar-refractivity contribution in [3.8, 4) is 5.75 Å². The van der Waals surface area contributed by atoms with Crippen LogP contribution in [0.1, 0.15) is 24.5 Å². The average molecular weight is 209 g/mol. The molecular weight excluding hydrogens is 193 g/mol. The molecule has 0 spiro atoms. The van der Waals surface area contributed by atoms with E-state index in [2.05, 4.69) is 0 Å². The Kier molecular flexibility index (Phi) is 2.65. The van der Waals surface area contributed by atoms with E-state index in [1.807, 2.05) is 12.1 Å². The zero-order chi connectivity index (χ0) is 10.9. The third-order valence-electron chi connectivity index (χ3n) is 2.89. The van der Waals surface area contributed by atoms with E-state index >= 15 is 0 Å². The van der Waals surface area contributed by atoms with Crippen LogP contribution in [0.5, 0.6) is 5.75 Å². The first-order chi connectivity index (χ1) is 7.13. The van der Waals surface area contributed by atoms with Gasteiger partial charge < -0.3 is 10.5 Å². The maximum Gasteiger partial charge on any atom is 0.145 e. The van der Waals surface area contributed by atoms with Gasteiger partial charge in [0.05, 0.1) is 6.61 Å². The van der Waals surface area contributed by atoms with E-state index in [0.29, 0.717) is 5.56 Å². The van der Waals surface area contributed by atoms with Crippen LogP contribution in [0.15, 0.2) is 18.2 Å². The normalized spacial score (nSPS) is 18.9. The number of benzene rings is 1. The van der Waals surface area contributed by atoms with Crippen LogP contribution in [0, 0.1) is 0 Å². The molecule has 2 nitrogen and oxygen atoms in total. The van der Waals surface area contributed by atoms with Crippen LogP contribution in [0.3, 0.4) is 0 Å². The molecule has 1 aliphatic rings. The number of fused-ring (bicyclic) bond motifs is 1. The van der Waals surface area contributed by atoms with Crippen molar-refractivity contribution in [3.63, 3.8) is 0 Å². The van der Waals surface area contributed by atoms with Gasteiger partial charge in [0.15, 0.2) is 0 Å². The number of alkyl halides is 1. The van der Waals surface area contributed by atoms with Crippen molar-refractivity contribution in [3.05, 3.63) is 29.3 Å². The van der Waals surface area contributed by atoms with Crippen LogP contribution >= 0.6 is 0 Å². The highest BCUT2D eigenvalue weighted by molar-refractivity contribution is 5.40. The molecule has 2 rings (SSSR count). The quantitative estimate of drug-likeness (QED) is 0.810. The minimum Gasteiger partial charge on any atom is -0.493 e. The molecule has 1 aromatic rings. The fourth-order valence-electron chi connectivity index (χ4n) is 1.80. The molecule has 1 aromatic carbocycles. The van der Waals surface area contributed by atoms with Gasteiger partial charge in [-0.05, 0) is 43.0 Å². The number of halogens is 1. The molecule has 0 aromatic heterocycles. The molecule has 1 aliphatic heterocycles. The Morgan fingerprint density at radius 1 is 1.53 bits per heavy atom.